The van der Waals surface area contributed by atoms with Crippen LogP contribution in [0.15, 0.2) is 18.2 Å². The summed E-state index contributed by atoms with van der Waals surface area (Å²) in [4.78, 5) is 0. The van der Waals surface area contributed by atoms with Crippen LogP contribution in [0.25, 0.3) is 0 Å². The Morgan fingerprint density at radius 2 is 2.39 bits per heavy atom. The number of methoxy groups -OCH3 is 1. The Bertz CT molecular complexity index is 397. The van der Waals surface area contributed by atoms with Crippen molar-refractivity contribution in [3.8, 4) is 5.75 Å². The Hall–Kier alpha value is -0.840. The molecule has 0 radical (unpaired) electrons. The molecule has 0 aromatic heterocycles. The molecule has 1 aromatic rings. The van der Waals surface area contributed by atoms with Crippen LogP contribution in [0.1, 0.15) is 6.42 Å². The zero-order chi connectivity index (χ0) is 13.0. The van der Waals surface area contributed by atoms with E-state index in [1.54, 1.807) is 19.2 Å². The van der Waals surface area contributed by atoms with Gasteiger partial charge in [-0.05, 0) is 25.1 Å². The number of nitrogens with one attached hydrogen (secondary N) is 1. The quantitative estimate of drug-likeness (QED) is 0.894. The van der Waals surface area contributed by atoms with E-state index in [1.807, 2.05) is 0 Å². The lowest BCUT2D eigenvalue weighted by Crippen LogP contribution is -2.33. The average Bonchev–Trinajstić information content (AvgIpc) is 2.88. The average molecular weight is 274 g/mol. The van der Waals surface area contributed by atoms with Gasteiger partial charge in [-0.15, -0.1) is 0 Å². The molecule has 1 aliphatic heterocycles. The van der Waals surface area contributed by atoms with Crippen LogP contribution in [0, 0.1) is 11.7 Å². The Balaban J connectivity index is 2.10. The molecule has 1 heterocycles. The van der Waals surface area contributed by atoms with Crippen LogP contribution in [0.5, 0.6) is 5.75 Å². The molecule has 1 N–H and O–H groups in total. The van der Waals surface area contributed by atoms with Gasteiger partial charge in [-0.1, -0.05) is 17.7 Å². The summed E-state index contributed by atoms with van der Waals surface area (Å²) in [7, 11) is 1.63. The molecule has 0 amide bonds. The topological polar surface area (TPSA) is 30.5 Å². The summed E-state index contributed by atoms with van der Waals surface area (Å²) in [6.07, 6.45) is 0.922. The molecular weight excluding hydrogens is 257 g/mol. The third kappa shape index (κ3) is 3.13. The van der Waals surface area contributed by atoms with E-state index in [2.05, 4.69) is 5.32 Å². The van der Waals surface area contributed by atoms with E-state index in [4.69, 9.17) is 21.1 Å². The number of hydrogen-bond acceptors (Lipinski definition) is 3. The van der Waals surface area contributed by atoms with Gasteiger partial charge in [-0.2, -0.15) is 0 Å². The minimum absolute atomic E-state index is 0.0320. The van der Waals surface area contributed by atoms with Crippen molar-refractivity contribution in [3.05, 3.63) is 29.0 Å². The minimum atomic E-state index is -0.463. The van der Waals surface area contributed by atoms with Crippen molar-refractivity contribution >= 4 is 11.6 Å². The monoisotopic (exact) mass is 273 g/mol. The molecule has 0 saturated carbocycles. The summed E-state index contributed by atoms with van der Waals surface area (Å²) in [6, 6.07) is 4.58. The van der Waals surface area contributed by atoms with Crippen LogP contribution in [-0.2, 0) is 4.74 Å². The third-order valence-electron chi connectivity index (χ3n) is 3.15. The van der Waals surface area contributed by atoms with Crippen molar-refractivity contribution in [2.24, 2.45) is 5.92 Å². The summed E-state index contributed by atoms with van der Waals surface area (Å²) < 4.78 is 24.3. The molecule has 1 aromatic carbocycles. The largest absolute Gasteiger partial charge is 0.486 e. The first-order chi connectivity index (χ1) is 8.72. The van der Waals surface area contributed by atoms with E-state index in [0.29, 0.717) is 18.3 Å². The molecule has 2 atom stereocenters. The van der Waals surface area contributed by atoms with E-state index in [0.717, 1.165) is 19.5 Å². The molecule has 3 nitrogen and oxygen atoms in total. The van der Waals surface area contributed by atoms with Crippen LogP contribution in [-0.4, -0.2) is 32.9 Å². The minimum Gasteiger partial charge on any atom is -0.486 e. The van der Waals surface area contributed by atoms with Gasteiger partial charge in [0.05, 0.1) is 6.61 Å². The van der Waals surface area contributed by atoms with Crippen LogP contribution >= 0.6 is 11.6 Å². The number of hydrogen-bond donors (Lipinski definition) is 1. The second-order valence-electron chi connectivity index (χ2n) is 4.42. The van der Waals surface area contributed by atoms with E-state index < -0.39 is 5.82 Å². The van der Waals surface area contributed by atoms with Crippen molar-refractivity contribution in [1.29, 1.82) is 0 Å². The van der Waals surface area contributed by atoms with E-state index in [1.165, 1.54) is 6.07 Å². The van der Waals surface area contributed by atoms with Gasteiger partial charge in [0.25, 0.3) is 0 Å². The highest BCUT2D eigenvalue weighted by atomic mass is 35.5. The molecule has 0 aliphatic carbocycles. The van der Waals surface area contributed by atoms with Crippen LogP contribution in [0.2, 0.25) is 5.02 Å². The maximum atomic E-state index is 13.3. The summed E-state index contributed by atoms with van der Waals surface area (Å²) in [5.41, 5.74) is 0. The van der Waals surface area contributed by atoms with E-state index in [9.17, 15) is 4.39 Å². The van der Waals surface area contributed by atoms with Crippen LogP contribution in [0.3, 0.4) is 0 Å². The molecule has 5 heteroatoms. The van der Waals surface area contributed by atoms with Crippen molar-refractivity contribution in [2.45, 2.75) is 12.5 Å². The normalized spacial score (nSPS) is 20.9. The van der Waals surface area contributed by atoms with Gasteiger partial charge >= 0.3 is 0 Å². The van der Waals surface area contributed by atoms with Crippen molar-refractivity contribution in [3.63, 3.8) is 0 Å². The van der Waals surface area contributed by atoms with Crippen LogP contribution in [0.4, 0.5) is 4.39 Å². The van der Waals surface area contributed by atoms with Crippen molar-refractivity contribution in [2.75, 3.05) is 26.8 Å². The second kappa shape index (κ2) is 6.36. The zero-order valence-corrected chi connectivity index (χ0v) is 11.0. The lowest BCUT2D eigenvalue weighted by molar-refractivity contribution is 0.0481. The highest BCUT2D eigenvalue weighted by molar-refractivity contribution is 6.32. The van der Waals surface area contributed by atoms with E-state index in [-0.39, 0.29) is 11.1 Å². The number of rotatable bonds is 5. The van der Waals surface area contributed by atoms with Crippen LogP contribution < -0.4 is 10.1 Å². The smallest absolute Gasteiger partial charge is 0.145 e. The molecule has 0 bridgehead atoms. The fourth-order valence-electron chi connectivity index (χ4n) is 2.16. The predicted octanol–water partition coefficient (Wildman–Crippen LogP) is 2.48. The van der Waals surface area contributed by atoms with Gasteiger partial charge in [0.1, 0.15) is 22.7 Å². The fourth-order valence-corrected chi connectivity index (χ4v) is 2.33. The molecule has 100 valence electrons. The molecule has 18 heavy (non-hydrogen) atoms. The fraction of sp³-hybridized carbons (Fsp3) is 0.538. The Labute approximate surface area is 111 Å². The first-order valence-corrected chi connectivity index (χ1v) is 6.40. The number of benzene rings is 1. The molecule has 0 spiro atoms. The SMILES string of the molecule is COC[C@H](Oc1cccc(F)c1Cl)C1CCNC1. The Morgan fingerprint density at radius 1 is 1.56 bits per heavy atom. The highest BCUT2D eigenvalue weighted by Gasteiger charge is 2.27. The summed E-state index contributed by atoms with van der Waals surface area (Å²) in [5.74, 6) is 0.282. The lowest BCUT2D eigenvalue weighted by Gasteiger charge is -2.24. The molecule has 1 unspecified atom stereocenters. The Morgan fingerprint density at radius 3 is 3.06 bits per heavy atom. The third-order valence-corrected chi connectivity index (χ3v) is 3.52. The van der Waals surface area contributed by atoms with E-state index >= 15 is 0 Å². The molecule has 1 saturated heterocycles. The first-order valence-electron chi connectivity index (χ1n) is 6.02. The predicted molar refractivity (Wildman–Crippen MR) is 68.7 cm³/mol. The zero-order valence-electron chi connectivity index (χ0n) is 10.3. The maximum absolute atomic E-state index is 13.3. The number of ether oxygens (including phenoxy) is 2. The first kappa shape index (κ1) is 13.6. The van der Waals surface area contributed by atoms with Gasteiger partial charge in [-0.3, -0.25) is 0 Å². The molecule has 2 rings (SSSR count). The van der Waals surface area contributed by atoms with Gasteiger partial charge in [0.15, 0.2) is 0 Å². The van der Waals surface area contributed by atoms with Gasteiger partial charge in [-0.25, -0.2) is 4.39 Å². The maximum Gasteiger partial charge on any atom is 0.145 e. The summed E-state index contributed by atoms with van der Waals surface area (Å²) >= 11 is 5.89. The summed E-state index contributed by atoms with van der Waals surface area (Å²) in [5, 5.41) is 3.31. The van der Waals surface area contributed by atoms with Crippen molar-refractivity contribution in [1.82, 2.24) is 5.32 Å². The second-order valence-corrected chi connectivity index (χ2v) is 4.79. The summed E-state index contributed by atoms with van der Waals surface area (Å²) in [6.45, 7) is 2.34. The van der Waals surface area contributed by atoms with Gasteiger partial charge < -0.3 is 14.8 Å². The van der Waals surface area contributed by atoms with Gasteiger partial charge in [0, 0.05) is 19.6 Å². The molecular formula is C13H17ClFNO2. The Kier molecular flexibility index (Phi) is 4.80. The molecule has 1 fully saturated rings. The highest BCUT2D eigenvalue weighted by Crippen LogP contribution is 2.29. The lowest BCUT2D eigenvalue weighted by atomic mass is 10.0. The van der Waals surface area contributed by atoms with Gasteiger partial charge in [0.2, 0.25) is 0 Å². The number of halogens is 2. The molecule has 1 aliphatic rings. The van der Waals surface area contributed by atoms with Crippen molar-refractivity contribution < 1.29 is 13.9 Å². The standard InChI is InChI=1S/C13H17ClFNO2/c1-17-8-12(9-5-6-16-7-9)18-11-4-2-3-10(15)13(11)14/h2-4,9,12,16H,5-8H2,1H3/t9?,12-/m0/s1.